The second-order valence-corrected chi connectivity index (χ2v) is 17.6. The second-order valence-electron chi connectivity index (χ2n) is 17.6. The van der Waals surface area contributed by atoms with Crippen LogP contribution in [0.15, 0.2) is 162 Å². The third-order valence-corrected chi connectivity index (χ3v) is 13.3. The number of rotatable bonds is 3. The van der Waals surface area contributed by atoms with Gasteiger partial charge in [-0.25, -0.2) is 0 Å². The Balaban J connectivity index is 1.22. The number of furan rings is 1. The molecule has 0 saturated heterocycles. The third-order valence-electron chi connectivity index (χ3n) is 13.3. The van der Waals surface area contributed by atoms with Crippen molar-refractivity contribution in [2.24, 2.45) is 0 Å². The number of hydrogen-bond acceptors (Lipinski definition) is 1. The van der Waals surface area contributed by atoms with E-state index < -0.39 is 0 Å². The van der Waals surface area contributed by atoms with Gasteiger partial charge < -0.3 is 13.6 Å². The van der Waals surface area contributed by atoms with E-state index in [2.05, 4.69) is 188 Å². The zero-order valence-electron chi connectivity index (χ0n) is 32.7. The molecule has 0 radical (unpaired) electrons. The highest BCUT2D eigenvalue weighted by Crippen LogP contribution is 2.50. The molecule has 0 N–H and O–H groups in total. The van der Waals surface area contributed by atoms with E-state index in [0.717, 1.165) is 44.4 Å². The number of aromatic nitrogens is 2. The fourth-order valence-electron chi connectivity index (χ4n) is 10.3. The monoisotopic (exact) mass is 734 g/mol. The summed E-state index contributed by atoms with van der Waals surface area (Å²) in [7, 11) is 0. The molecular weight excluding hydrogens is 693 g/mol. The van der Waals surface area contributed by atoms with E-state index in [1.807, 2.05) is 6.07 Å². The predicted octanol–water partition coefficient (Wildman–Crippen LogP) is 14.9. The highest BCUT2D eigenvalue weighted by Gasteiger charge is 2.38. The van der Waals surface area contributed by atoms with Gasteiger partial charge in [0.1, 0.15) is 11.2 Å². The second kappa shape index (κ2) is 11.5. The first-order valence-corrected chi connectivity index (χ1v) is 20.3. The molecule has 0 spiro atoms. The van der Waals surface area contributed by atoms with Gasteiger partial charge in [-0.1, -0.05) is 125 Å². The van der Waals surface area contributed by atoms with Crippen molar-refractivity contribution in [3.05, 3.63) is 169 Å². The van der Waals surface area contributed by atoms with E-state index in [4.69, 9.17) is 4.42 Å². The molecule has 0 fully saturated rings. The van der Waals surface area contributed by atoms with Gasteiger partial charge in [-0.15, -0.1) is 0 Å². The largest absolute Gasteiger partial charge is 0.455 e. The van der Waals surface area contributed by atoms with Crippen LogP contribution in [0, 0.1) is 0 Å². The van der Waals surface area contributed by atoms with Gasteiger partial charge in [-0.3, -0.25) is 0 Å². The molecule has 0 aliphatic heterocycles. The van der Waals surface area contributed by atoms with Crippen molar-refractivity contribution in [2.75, 3.05) is 0 Å². The van der Waals surface area contributed by atoms with Gasteiger partial charge >= 0.3 is 0 Å². The molecule has 3 nitrogen and oxygen atoms in total. The predicted molar refractivity (Wildman–Crippen MR) is 241 cm³/mol. The van der Waals surface area contributed by atoms with Crippen molar-refractivity contribution in [3.63, 3.8) is 0 Å². The molecule has 8 aromatic carbocycles. The molecule has 0 atom stereocenters. The lowest BCUT2D eigenvalue weighted by Crippen LogP contribution is -2.33. The van der Waals surface area contributed by atoms with Crippen molar-refractivity contribution < 1.29 is 4.42 Å². The summed E-state index contributed by atoms with van der Waals surface area (Å²) >= 11 is 0. The molecule has 3 aromatic heterocycles. The van der Waals surface area contributed by atoms with Crippen molar-refractivity contribution in [2.45, 2.75) is 51.4 Å². The Morgan fingerprint density at radius 2 is 1.07 bits per heavy atom. The molecule has 11 aromatic rings. The Kier molecular flexibility index (Phi) is 6.58. The zero-order chi connectivity index (χ0) is 38.2. The van der Waals surface area contributed by atoms with E-state index in [0.29, 0.717) is 0 Å². The van der Waals surface area contributed by atoms with Crippen molar-refractivity contribution in [3.8, 4) is 22.5 Å². The van der Waals surface area contributed by atoms with Crippen molar-refractivity contribution >= 4 is 76.3 Å². The molecule has 3 heterocycles. The number of nitrogens with zero attached hydrogens (tertiary/aromatic N) is 2. The average Bonchev–Trinajstić information content (AvgIpc) is 3.89. The van der Waals surface area contributed by atoms with E-state index >= 15 is 0 Å². The van der Waals surface area contributed by atoms with Crippen LogP contribution >= 0.6 is 0 Å². The van der Waals surface area contributed by atoms with Crippen LogP contribution in [0.3, 0.4) is 0 Å². The summed E-state index contributed by atoms with van der Waals surface area (Å²) < 4.78 is 11.6. The third kappa shape index (κ3) is 4.60. The van der Waals surface area contributed by atoms with Crippen LogP contribution in [-0.4, -0.2) is 9.13 Å². The Morgan fingerprint density at radius 3 is 1.91 bits per heavy atom. The highest BCUT2D eigenvalue weighted by atomic mass is 16.3. The van der Waals surface area contributed by atoms with Crippen LogP contribution in [0.25, 0.3) is 98.8 Å². The van der Waals surface area contributed by atoms with Crippen molar-refractivity contribution in [1.82, 2.24) is 9.13 Å². The fraction of sp³-hybridized carbons (Fsp3) is 0.148. The van der Waals surface area contributed by atoms with Gasteiger partial charge in [0.2, 0.25) is 0 Å². The van der Waals surface area contributed by atoms with Gasteiger partial charge in [0.15, 0.2) is 0 Å². The van der Waals surface area contributed by atoms with Gasteiger partial charge in [-0.2, -0.15) is 0 Å². The summed E-state index contributed by atoms with van der Waals surface area (Å²) in [6, 6.07) is 58.3. The maximum Gasteiger partial charge on any atom is 0.143 e. The highest BCUT2D eigenvalue weighted by molar-refractivity contribution is 6.25. The summed E-state index contributed by atoms with van der Waals surface area (Å²) in [4.78, 5) is 0. The number of para-hydroxylation sites is 3. The molecule has 0 amide bonds. The molecule has 274 valence electrons. The molecule has 57 heavy (non-hydrogen) atoms. The van der Waals surface area contributed by atoms with Crippen LogP contribution in [0.5, 0.6) is 0 Å². The summed E-state index contributed by atoms with van der Waals surface area (Å²) in [6.45, 7) is 9.74. The first-order chi connectivity index (χ1) is 27.7. The number of hydrogen-bond donors (Lipinski definition) is 0. The number of fused-ring (bicyclic) bond motifs is 12. The lowest BCUT2D eigenvalue weighted by Gasteiger charge is -2.42. The Hall–Kier alpha value is -6.58. The molecule has 0 saturated carbocycles. The lowest BCUT2D eigenvalue weighted by molar-refractivity contribution is 0.332. The zero-order valence-corrected chi connectivity index (χ0v) is 32.7. The summed E-state index contributed by atoms with van der Waals surface area (Å²) in [6.07, 6.45) is 2.34. The normalized spacial score (nSPS) is 15.2. The van der Waals surface area contributed by atoms with Gasteiger partial charge in [0, 0.05) is 49.3 Å². The van der Waals surface area contributed by atoms with Crippen LogP contribution in [0.1, 0.15) is 51.7 Å². The first kappa shape index (κ1) is 32.6. The minimum Gasteiger partial charge on any atom is -0.455 e. The molecular formula is C54H42N2O. The van der Waals surface area contributed by atoms with Gasteiger partial charge in [-0.05, 0) is 112 Å². The minimum atomic E-state index is 0.0723. The molecule has 12 rings (SSSR count). The van der Waals surface area contributed by atoms with E-state index in [9.17, 15) is 0 Å². The standard InChI is InChI=1S/C54H42N2O/c1-53(2)26-27-54(3,4)45-31-47-42(30-44(45)53)41-29-43-49(55(35-16-6-5-7-17-35)46-25-24-33-14-8-9-19-37(33)51(43)46)32-48(41)56(47)36-18-12-15-34(28-36)38-21-13-22-40-39-20-10-11-23-50(39)57-52(38)40/h5-25,28-32H,26-27H2,1-4H3. The summed E-state index contributed by atoms with van der Waals surface area (Å²) in [5, 5.41) is 10.0. The van der Waals surface area contributed by atoms with E-state index in [-0.39, 0.29) is 10.8 Å². The summed E-state index contributed by atoms with van der Waals surface area (Å²) in [5.41, 5.74) is 14.4. The Bertz CT molecular complexity index is 3460. The van der Waals surface area contributed by atoms with Crippen LogP contribution in [0.4, 0.5) is 0 Å². The molecule has 1 aliphatic rings. The molecule has 1 aliphatic carbocycles. The van der Waals surface area contributed by atoms with E-state index in [1.165, 1.54) is 78.4 Å². The maximum absolute atomic E-state index is 6.57. The average molecular weight is 735 g/mol. The van der Waals surface area contributed by atoms with E-state index in [1.54, 1.807) is 0 Å². The summed E-state index contributed by atoms with van der Waals surface area (Å²) in [5.74, 6) is 0. The topological polar surface area (TPSA) is 23.0 Å². The SMILES string of the molecule is CC1(C)CCC(C)(C)c2cc3c(cc21)c1cc2c4c5ccccc5ccc4n(-c4ccccc4)c2cc1n3-c1cccc(-c2cccc3c2oc2ccccc23)c1. The molecule has 0 bridgehead atoms. The van der Waals surface area contributed by atoms with Crippen molar-refractivity contribution in [1.29, 1.82) is 0 Å². The lowest BCUT2D eigenvalue weighted by atomic mass is 9.63. The van der Waals surface area contributed by atoms with Crippen LogP contribution in [0.2, 0.25) is 0 Å². The quantitative estimate of drug-likeness (QED) is 0.177. The van der Waals surface area contributed by atoms with Gasteiger partial charge in [0.25, 0.3) is 0 Å². The Labute approximate surface area is 331 Å². The smallest absolute Gasteiger partial charge is 0.143 e. The Morgan fingerprint density at radius 1 is 0.439 bits per heavy atom. The first-order valence-electron chi connectivity index (χ1n) is 20.3. The fourth-order valence-corrected chi connectivity index (χ4v) is 10.3. The molecule has 0 unspecified atom stereocenters. The van der Waals surface area contributed by atoms with Gasteiger partial charge in [0.05, 0.1) is 22.1 Å². The minimum absolute atomic E-state index is 0.0723. The molecule has 3 heteroatoms. The van der Waals surface area contributed by atoms with Crippen LogP contribution in [-0.2, 0) is 10.8 Å². The van der Waals surface area contributed by atoms with Crippen LogP contribution < -0.4 is 0 Å². The maximum atomic E-state index is 6.57. The number of benzene rings is 8.